The number of nitrogens with one attached hydrogen (secondary N) is 2. The number of carbonyl (C=O) groups excluding carboxylic acids is 3. The zero-order valence-corrected chi connectivity index (χ0v) is 17.0. The molecule has 0 bridgehead atoms. The molecule has 0 radical (unpaired) electrons. The second-order valence-corrected chi connectivity index (χ2v) is 6.61. The minimum Gasteiger partial charge on any atom is -0.496 e. The summed E-state index contributed by atoms with van der Waals surface area (Å²) in [6.07, 6.45) is -1.01. The van der Waals surface area contributed by atoms with Gasteiger partial charge in [-0.2, -0.15) is 0 Å². The summed E-state index contributed by atoms with van der Waals surface area (Å²) in [7, 11) is 1.55. The molecule has 0 aromatic heterocycles. The number of hydrogen-bond acceptors (Lipinski definition) is 5. The van der Waals surface area contributed by atoms with Gasteiger partial charge < -0.3 is 20.1 Å². The van der Waals surface area contributed by atoms with Crippen LogP contribution in [0.2, 0.25) is 5.02 Å². The fourth-order valence-corrected chi connectivity index (χ4v) is 2.59. The highest BCUT2D eigenvalue weighted by molar-refractivity contribution is 6.30. The highest BCUT2D eigenvalue weighted by atomic mass is 35.5. The molecule has 0 saturated carbocycles. The molecule has 7 nitrogen and oxygen atoms in total. The van der Waals surface area contributed by atoms with E-state index in [2.05, 4.69) is 10.6 Å². The Bertz CT molecular complexity index is 854. The molecule has 8 heteroatoms. The van der Waals surface area contributed by atoms with Gasteiger partial charge in [-0.05, 0) is 37.3 Å². The highest BCUT2D eigenvalue weighted by Crippen LogP contribution is 2.16. The first-order valence-corrected chi connectivity index (χ1v) is 9.41. The number of benzene rings is 2. The average molecular weight is 419 g/mol. The first-order chi connectivity index (χ1) is 13.9. The molecule has 2 amide bonds. The van der Waals surface area contributed by atoms with Crippen molar-refractivity contribution in [2.75, 3.05) is 13.7 Å². The molecule has 0 aliphatic heterocycles. The fraction of sp³-hybridized carbons (Fsp3) is 0.286. The quantitative estimate of drug-likeness (QED) is 0.611. The summed E-state index contributed by atoms with van der Waals surface area (Å²) in [5, 5.41) is 5.85. The van der Waals surface area contributed by atoms with E-state index in [1.54, 1.807) is 37.4 Å². The summed E-state index contributed by atoms with van der Waals surface area (Å²) in [6.45, 7) is 1.83. The molecular weight excluding hydrogens is 396 g/mol. The summed E-state index contributed by atoms with van der Waals surface area (Å²) in [6, 6.07) is 13.7. The Morgan fingerprint density at radius 3 is 2.41 bits per heavy atom. The van der Waals surface area contributed by atoms with Crippen molar-refractivity contribution in [2.45, 2.75) is 26.0 Å². The van der Waals surface area contributed by atoms with Crippen molar-refractivity contribution < 1.29 is 23.9 Å². The van der Waals surface area contributed by atoms with Crippen LogP contribution in [0.4, 0.5) is 0 Å². The number of carbonyl (C=O) groups is 3. The van der Waals surface area contributed by atoms with Crippen LogP contribution in [0.15, 0.2) is 48.5 Å². The van der Waals surface area contributed by atoms with Crippen molar-refractivity contribution in [3.8, 4) is 5.75 Å². The maximum absolute atomic E-state index is 12.1. The number of rotatable bonds is 9. The Morgan fingerprint density at radius 1 is 1.03 bits per heavy atom. The average Bonchev–Trinajstić information content (AvgIpc) is 2.72. The number of methoxy groups -OCH3 is 1. The number of para-hydroxylation sites is 1. The molecule has 0 fully saturated rings. The van der Waals surface area contributed by atoms with E-state index >= 15 is 0 Å². The van der Waals surface area contributed by atoms with Crippen LogP contribution < -0.4 is 15.4 Å². The van der Waals surface area contributed by atoms with Gasteiger partial charge in [0.05, 0.1) is 13.5 Å². The molecule has 0 spiro atoms. The lowest BCUT2D eigenvalue weighted by Gasteiger charge is -2.14. The van der Waals surface area contributed by atoms with E-state index in [4.69, 9.17) is 21.1 Å². The van der Waals surface area contributed by atoms with Crippen LogP contribution in [0.5, 0.6) is 5.75 Å². The van der Waals surface area contributed by atoms with Crippen molar-refractivity contribution in [3.63, 3.8) is 0 Å². The number of ether oxygens (including phenoxy) is 2. The molecule has 1 atom stereocenters. The molecule has 2 rings (SSSR count). The molecule has 0 unspecified atom stereocenters. The molecule has 154 valence electrons. The predicted octanol–water partition coefficient (Wildman–Crippen LogP) is 2.72. The third-order valence-electron chi connectivity index (χ3n) is 4.04. The predicted molar refractivity (Wildman–Crippen MR) is 109 cm³/mol. The first-order valence-electron chi connectivity index (χ1n) is 9.03. The number of hydrogen-bond donors (Lipinski definition) is 2. The van der Waals surface area contributed by atoms with Crippen molar-refractivity contribution in [2.24, 2.45) is 0 Å². The number of amides is 2. The Labute approximate surface area is 174 Å². The summed E-state index contributed by atoms with van der Waals surface area (Å²) in [4.78, 5) is 36.0. The van der Waals surface area contributed by atoms with Gasteiger partial charge in [-0.15, -0.1) is 0 Å². The zero-order valence-electron chi connectivity index (χ0n) is 16.2. The van der Waals surface area contributed by atoms with E-state index in [9.17, 15) is 14.4 Å². The van der Waals surface area contributed by atoms with Gasteiger partial charge in [0.2, 0.25) is 0 Å². The van der Waals surface area contributed by atoms with Crippen molar-refractivity contribution in [1.82, 2.24) is 10.6 Å². The van der Waals surface area contributed by atoms with Crippen LogP contribution in [0.1, 0.15) is 29.3 Å². The van der Waals surface area contributed by atoms with E-state index in [-0.39, 0.29) is 25.4 Å². The smallest absolute Gasteiger partial charge is 0.308 e. The second kappa shape index (κ2) is 11.1. The largest absolute Gasteiger partial charge is 0.496 e. The second-order valence-electron chi connectivity index (χ2n) is 6.17. The molecule has 29 heavy (non-hydrogen) atoms. The zero-order chi connectivity index (χ0) is 21.2. The Balaban J connectivity index is 1.71. The van der Waals surface area contributed by atoms with Crippen molar-refractivity contribution in [3.05, 3.63) is 64.7 Å². The SMILES string of the molecule is COc1ccccc1CNC(=O)[C@H](C)OC(=O)CCNC(=O)c1ccc(Cl)cc1. The van der Waals surface area contributed by atoms with Crippen LogP contribution in [-0.4, -0.2) is 37.5 Å². The first kappa shape index (κ1) is 22.2. The molecule has 2 N–H and O–H groups in total. The lowest BCUT2D eigenvalue weighted by atomic mass is 10.2. The van der Waals surface area contributed by atoms with Crippen LogP contribution in [0.25, 0.3) is 0 Å². The minimum atomic E-state index is -0.954. The summed E-state index contributed by atoms with van der Waals surface area (Å²) in [5.74, 6) is -0.665. The Kier molecular flexibility index (Phi) is 8.48. The van der Waals surface area contributed by atoms with E-state index in [1.807, 2.05) is 18.2 Å². The number of halogens is 1. The third-order valence-corrected chi connectivity index (χ3v) is 4.30. The molecule has 2 aromatic carbocycles. The highest BCUT2D eigenvalue weighted by Gasteiger charge is 2.18. The van der Waals surface area contributed by atoms with Gasteiger partial charge >= 0.3 is 5.97 Å². The maximum Gasteiger partial charge on any atom is 0.308 e. The molecule has 0 aliphatic rings. The molecule has 0 heterocycles. The van der Waals surface area contributed by atoms with Crippen LogP contribution in [0, 0.1) is 0 Å². The molecule has 2 aromatic rings. The van der Waals surface area contributed by atoms with Crippen LogP contribution in [-0.2, 0) is 20.9 Å². The van der Waals surface area contributed by atoms with Gasteiger partial charge in [0, 0.05) is 29.2 Å². The Hall–Kier alpha value is -3.06. The standard InChI is InChI=1S/C21H23ClN2O5/c1-14(20(26)24-13-16-5-3-4-6-18(16)28-2)29-19(25)11-12-23-21(27)15-7-9-17(22)10-8-15/h3-10,14H,11-13H2,1-2H3,(H,23,27)(H,24,26)/t14-/m0/s1. The molecular formula is C21H23ClN2O5. The lowest BCUT2D eigenvalue weighted by Crippen LogP contribution is -2.36. The molecule has 0 saturated heterocycles. The van der Waals surface area contributed by atoms with Gasteiger partial charge in [-0.3, -0.25) is 14.4 Å². The lowest BCUT2D eigenvalue weighted by molar-refractivity contribution is -0.154. The third kappa shape index (κ3) is 7.12. The normalized spacial score (nSPS) is 11.3. The van der Waals surface area contributed by atoms with Crippen LogP contribution in [0.3, 0.4) is 0 Å². The molecule has 0 aliphatic carbocycles. The van der Waals surface area contributed by atoms with Crippen LogP contribution >= 0.6 is 11.6 Å². The van der Waals surface area contributed by atoms with E-state index in [1.165, 1.54) is 6.92 Å². The fourth-order valence-electron chi connectivity index (χ4n) is 2.47. The number of esters is 1. The topological polar surface area (TPSA) is 93.7 Å². The van der Waals surface area contributed by atoms with Gasteiger partial charge in [0.1, 0.15) is 5.75 Å². The van der Waals surface area contributed by atoms with Gasteiger partial charge in [-0.1, -0.05) is 29.8 Å². The minimum absolute atomic E-state index is 0.0521. The van der Waals surface area contributed by atoms with E-state index < -0.39 is 18.0 Å². The van der Waals surface area contributed by atoms with Crippen molar-refractivity contribution >= 4 is 29.4 Å². The van der Waals surface area contributed by atoms with E-state index in [0.717, 1.165) is 5.56 Å². The van der Waals surface area contributed by atoms with Gasteiger partial charge in [0.15, 0.2) is 6.10 Å². The van der Waals surface area contributed by atoms with Gasteiger partial charge in [0.25, 0.3) is 11.8 Å². The summed E-state index contributed by atoms with van der Waals surface area (Å²) in [5.41, 5.74) is 1.25. The van der Waals surface area contributed by atoms with Crippen molar-refractivity contribution in [1.29, 1.82) is 0 Å². The summed E-state index contributed by atoms with van der Waals surface area (Å²) < 4.78 is 10.3. The maximum atomic E-state index is 12.1. The monoisotopic (exact) mass is 418 g/mol. The Morgan fingerprint density at radius 2 is 1.72 bits per heavy atom. The van der Waals surface area contributed by atoms with E-state index in [0.29, 0.717) is 16.3 Å². The van der Waals surface area contributed by atoms with Gasteiger partial charge in [-0.25, -0.2) is 0 Å². The summed E-state index contributed by atoms with van der Waals surface area (Å²) >= 11 is 5.78.